The van der Waals surface area contributed by atoms with Crippen LogP contribution in [0.25, 0.3) is 33.0 Å². The summed E-state index contributed by atoms with van der Waals surface area (Å²) in [6, 6.07) is 27.1. The largest absolute Gasteiger partial charge is 0.490 e. The number of nitrogens with one attached hydrogen (secondary N) is 1. The molecule has 0 spiro atoms. The Morgan fingerprint density at radius 2 is 1.56 bits per heavy atom. The summed E-state index contributed by atoms with van der Waals surface area (Å²) in [5, 5.41) is 6.44. The molecule has 174 valence electrons. The number of fused-ring (bicyclic) bond motifs is 1. The van der Waals surface area contributed by atoms with Crippen LogP contribution in [0.3, 0.4) is 0 Å². The van der Waals surface area contributed by atoms with Crippen molar-refractivity contribution in [3.05, 3.63) is 89.4 Å². The van der Waals surface area contributed by atoms with Crippen LogP contribution in [-0.2, 0) is 4.74 Å². The molecule has 0 aliphatic carbocycles. The average Bonchev–Trinajstić information content (AvgIpc) is 3.39. The summed E-state index contributed by atoms with van der Waals surface area (Å²) >= 11 is 6.06. The van der Waals surface area contributed by atoms with Crippen molar-refractivity contribution in [2.24, 2.45) is 4.99 Å². The number of amidine groups is 1. The van der Waals surface area contributed by atoms with Gasteiger partial charge in [0.1, 0.15) is 18.2 Å². The molecule has 0 bridgehead atoms. The van der Waals surface area contributed by atoms with E-state index in [0.29, 0.717) is 13.2 Å². The Bertz CT molecular complexity index is 1300. The molecule has 0 fully saturated rings. The number of benzene rings is 4. The third kappa shape index (κ3) is 4.90. The second-order valence-electron chi connectivity index (χ2n) is 7.93. The molecule has 0 aromatic heterocycles. The summed E-state index contributed by atoms with van der Waals surface area (Å²) in [6.45, 7) is 2.59. The highest BCUT2D eigenvalue weighted by atomic mass is 35.5. The maximum atomic E-state index is 6.35. The normalized spacial score (nSPS) is 12.7. The van der Waals surface area contributed by atoms with Crippen molar-refractivity contribution in [1.82, 2.24) is 5.32 Å². The Kier molecular flexibility index (Phi) is 7.73. The lowest BCUT2D eigenvalue weighted by Crippen LogP contribution is -2.21. The van der Waals surface area contributed by atoms with Crippen LogP contribution in [0.15, 0.2) is 83.9 Å². The molecule has 1 aliphatic rings. The predicted octanol–water partition coefficient (Wildman–Crippen LogP) is 6.62. The predicted molar refractivity (Wildman–Crippen MR) is 144 cm³/mol. The molecule has 5 rings (SSSR count). The standard InChI is InChI=1S/C28H25ClN2O2.ClH/c1-32-16-17-33-27-25(28-30-14-15-31-28)18-22-4-2-3-5-24(22)26(27)21-8-6-19(7-9-21)20-10-12-23(29)13-11-20;/h2-13,18H,14-17H2,1H3,(H,30,31);1H. The van der Waals surface area contributed by atoms with Gasteiger partial charge in [0.15, 0.2) is 0 Å². The van der Waals surface area contributed by atoms with Crippen LogP contribution >= 0.6 is 24.0 Å². The Morgan fingerprint density at radius 3 is 2.24 bits per heavy atom. The molecule has 4 aromatic carbocycles. The highest BCUT2D eigenvalue weighted by Crippen LogP contribution is 2.41. The third-order valence-electron chi connectivity index (χ3n) is 5.82. The summed E-state index contributed by atoms with van der Waals surface area (Å²) in [5.74, 6) is 1.71. The summed E-state index contributed by atoms with van der Waals surface area (Å²) in [5.41, 5.74) is 5.42. The van der Waals surface area contributed by atoms with Crippen LogP contribution in [0, 0.1) is 0 Å². The van der Waals surface area contributed by atoms with Crippen molar-refractivity contribution in [3.63, 3.8) is 0 Å². The monoisotopic (exact) mass is 492 g/mol. The average molecular weight is 493 g/mol. The molecule has 34 heavy (non-hydrogen) atoms. The second-order valence-corrected chi connectivity index (χ2v) is 8.37. The van der Waals surface area contributed by atoms with E-state index in [1.807, 2.05) is 24.3 Å². The van der Waals surface area contributed by atoms with Gasteiger partial charge in [-0.15, -0.1) is 12.4 Å². The van der Waals surface area contributed by atoms with Crippen LogP contribution in [0.4, 0.5) is 0 Å². The minimum atomic E-state index is 0. The number of nitrogens with zero attached hydrogens (tertiary/aromatic N) is 1. The Balaban J connectivity index is 0.00000274. The zero-order valence-electron chi connectivity index (χ0n) is 18.9. The van der Waals surface area contributed by atoms with E-state index < -0.39 is 0 Å². The number of aliphatic imine (C=N–C) groups is 1. The van der Waals surface area contributed by atoms with Gasteiger partial charge < -0.3 is 14.8 Å². The molecule has 4 nitrogen and oxygen atoms in total. The van der Waals surface area contributed by atoms with Crippen LogP contribution in [0.5, 0.6) is 5.75 Å². The molecule has 0 radical (unpaired) electrons. The molecule has 1 aliphatic heterocycles. The maximum absolute atomic E-state index is 6.35. The molecule has 6 heteroatoms. The van der Waals surface area contributed by atoms with E-state index >= 15 is 0 Å². The SMILES string of the molecule is COCCOc1c(C2=NCCN2)cc2ccccc2c1-c1ccc(-c2ccc(Cl)cc2)cc1.Cl. The van der Waals surface area contributed by atoms with E-state index in [4.69, 9.17) is 21.1 Å². The summed E-state index contributed by atoms with van der Waals surface area (Å²) in [4.78, 5) is 4.68. The van der Waals surface area contributed by atoms with Gasteiger partial charge in [0.2, 0.25) is 0 Å². The fourth-order valence-corrected chi connectivity index (χ4v) is 4.34. The van der Waals surface area contributed by atoms with Gasteiger partial charge in [-0.25, -0.2) is 0 Å². The molecule has 0 saturated heterocycles. The molecular formula is C28H26Cl2N2O2. The van der Waals surface area contributed by atoms with E-state index in [-0.39, 0.29) is 12.4 Å². The fourth-order valence-electron chi connectivity index (χ4n) is 4.22. The van der Waals surface area contributed by atoms with Crippen molar-refractivity contribution in [3.8, 4) is 28.0 Å². The van der Waals surface area contributed by atoms with E-state index in [0.717, 1.165) is 68.3 Å². The number of ether oxygens (including phenoxy) is 2. The van der Waals surface area contributed by atoms with Crippen LogP contribution in [0.1, 0.15) is 5.56 Å². The van der Waals surface area contributed by atoms with Gasteiger partial charge in [0, 0.05) is 24.2 Å². The molecule has 1 N–H and O–H groups in total. The first-order valence-corrected chi connectivity index (χ1v) is 11.4. The van der Waals surface area contributed by atoms with Crippen molar-refractivity contribution in [1.29, 1.82) is 0 Å². The van der Waals surface area contributed by atoms with E-state index in [1.54, 1.807) is 7.11 Å². The van der Waals surface area contributed by atoms with Crippen LogP contribution in [-0.4, -0.2) is 39.2 Å². The number of hydrogen-bond donors (Lipinski definition) is 1. The highest BCUT2D eigenvalue weighted by molar-refractivity contribution is 6.30. The zero-order valence-corrected chi connectivity index (χ0v) is 20.5. The minimum Gasteiger partial charge on any atom is -0.490 e. The number of hydrogen-bond acceptors (Lipinski definition) is 4. The van der Waals surface area contributed by atoms with E-state index in [1.165, 1.54) is 0 Å². The van der Waals surface area contributed by atoms with Gasteiger partial charge in [-0.1, -0.05) is 72.3 Å². The maximum Gasteiger partial charge on any atom is 0.138 e. The summed E-state index contributed by atoms with van der Waals surface area (Å²) < 4.78 is 11.6. The first kappa shape index (κ1) is 24.1. The molecule has 1 heterocycles. The molecule has 4 aromatic rings. The van der Waals surface area contributed by atoms with Gasteiger partial charge in [-0.05, 0) is 45.7 Å². The quantitative estimate of drug-likeness (QED) is 0.294. The first-order chi connectivity index (χ1) is 16.2. The third-order valence-corrected chi connectivity index (χ3v) is 6.07. The lowest BCUT2D eigenvalue weighted by Gasteiger charge is -2.19. The van der Waals surface area contributed by atoms with Crippen molar-refractivity contribution >= 4 is 40.6 Å². The molecule has 0 amide bonds. The Hall–Kier alpha value is -3.05. The number of rotatable bonds is 7. The van der Waals surface area contributed by atoms with Gasteiger partial charge in [0.05, 0.1) is 18.7 Å². The Labute approximate surface area is 211 Å². The van der Waals surface area contributed by atoms with Gasteiger partial charge in [0.25, 0.3) is 0 Å². The van der Waals surface area contributed by atoms with Gasteiger partial charge >= 0.3 is 0 Å². The Morgan fingerprint density at radius 1 is 0.882 bits per heavy atom. The van der Waals surface area contributed by atoms with Gasteiger partial charge in [-0.3, -0.25) is 4.99 Å². The lowest BCUT2D eigenvalue weighted by molar-refractivity contribution is 0.146. The van der Waals surface area contributed by atoms with Crippen molar-refractivity contribution in [2.45, 2.75) is 0 Å². The van der Waals surface area contributed by atoms with E-state index in [2.05, 4.69) is 64.9 Å². The van der Waals surface area contributed by atoms with Crippen LogP contribution in [0.2, 0.25) is 5.02 Å². The lowest BCUT2D eigenvalue weighted by atomic mass is 9.92. The van der Waals surface area contributed by atoms with Gasteiger partial charge in [-0.2, -0.15) is 0 Å². The second kappa shape index (κ2) is 10.9. The highest BCUT2D eigenvalue weighted by Gasteiger charge is 2.21. The molecular weight excluding hydrogens is 467 g/mol. The number of methoxy groups -OCH3 is 1. The molecule has 0 saturated carbocycles. The zero-order chi connectivity index (χ0) is 22.6. The molecule has 0 unspecified atom stereocenters. The molecule has 0 atom stereocenters. The van der Waals surface area contributed by atoms with Crippen molar-refractivity contribution < 1.29 is 9.47 Å². The number of halogens is 2. The first-order valence-electron chi connectivity index (χ1n) is 11.1. The van der Waals surface area contributed by atoms with E-state index in [9.17, 15) is 0 Å². The van der Waals surface area contributed by atoms with Crippen molar-refractivity contribution in [2.75, 3.05) is 33.4 Å². The minimum absolute atomic E-state index is 0. The summed E-state index contributed by atoms with van der Waals surface area (Å²) in [7, 11) is 1.68. The smallest absolute Gasteiger partial charge is 0.138 e. The summed E-state index contributed by atoms with van der Waals surface area (Å²) in [6.07, 6.45) is 0. The topological polar surface area (TPSA) is 42.9 Å². The fraction of sp³-hybridized carbons (Fsp3) is 0.179. The van der Waals surface area contributed by atoms with Crippen LogP contribution < -0.4 is 10.1 Å².